The molecule has 0 aliphatic rings. The Balaban J connectivity index is 2.68. The summed E-state index contributed by atoms with van der Waals surface area (Å²) in [6.45, 7) is -7.31. The zero-order valence-corrected chi connectivity index (χ0v) is 15.5. The molecule has 0 aromatic heterocycles. The Kier molecular flexibility index (Phi) is 8.70. The number of hydrogen-bond acceptors (Lipinski definition) is 3. The summed E-state index contributed by atoms with van der Waals surface area (Å²) in [6.07, 6.45) is -1.59. The number of aliphatic hydroxyl groups excluding tert-OH is 1. The fourth-order valence-electron chi connectivity index (χ4n) is 2.19. The number of halogens is 11. The SMILES string of the molecule is O[C@H](CNCc1ccccc1)COCC(F)(F)C(F)(F)C(F)(F)C(F)(F)C(F)(F)CF. The van der Waals surface area contributed by atoms with Gasteiger partial charge >= 0.3 is 29.6 Å². The van der Waals surface area contributed by atoms with Crippen LogP contribution in [0.15, 0.2) is 30.3 Å². The average molecular weight is 477 g/mol. The van der Waals surface area contributed by atoms with Gasteiger partial charge in [-0.3, -0.25) is 0 Å². The van der Waals surface area contributed by atoms with Crippen molar-refractivity contribution in [2.45, 2.75) is 42.3 Å². The first-order chi connectivity index (χ1) is 14.0. The van der Waals surface area contributed by atoms with Gasteiger partial charge in [-0.1, -0.05) is 30.3 Å². The van der Waals surface area contributed by atoms with Crippen LogP contribution >= 0.6 is 0 Å². The summed E-state index contributed by atoms with van der Waals surface area (Å²) in [5.74, 6) is -33.9. The van der Waals surface area contributed by atoms with Crippen LogP contribution in [0, 0.1) is 0 Å². The lowest BCUT2D eigenvalue weighted by Crippen LogP contribution is -2.68. The second kappa shape index (κ2) is 9.86. The van der Waals surface area contributed by atoms with Crippen LogP contribution in [-0.2, 0) is 11.3 Å². The number of alkyl halides is 11. The molecule has 2 N–H and O–H groups in total. The van der Waals surface area contributed by atoms with Crippen LogP contribution in [0.1, 0.15) is 5.56 Å². The van der Waals surface area contributed by atoms with E-state index in [9.17, 15) is 53.4 Å². The van der Waals surface area contributed by atoms with E-state index >= 15 is 0 Å². The fraction of sp³-hybridized carbons (Fsp3) is 0.647. The summed E-state index contributed by atoms with van der Waals surface area (Å²) in [4.78, 5) is 0. The minimum absolute atomic E-state index is 0.205. The molecule has 1 atom stereocenters. The molecule has 0 saturated carbocycles. The van der Waals surface area contributed by atoms with Gasteiger partial charge in [0, 0.05) is 13.1 Å². The van der Waals surface area contributed by atoms with Crippen LogP contribution in [0.3, 0.4) is 0 Å². The molecule has 1 rings (SSSR count). The molecule has 180 valence electrons. The molecule has 0 heterocycles. The molecule has 0 unspecified atom stereocenters. The summed E-state index contributed by atoms with van der Waals surface area (Å²) >= 11 is 0. The van der Waals surface area contributed by atoms with Gasteiger partial charge in [-0.2, -0.15) is 43.9 Å². The van der Waals surface area contributed by atoms with Crippen molar-refractivity contribution in [2.75, 3.05) is 26.4 Å². The quantitative estimate of drug-likeness (QED) is 0.417. The van der Waals surface area contributed by atoms with Crippen molar-refractivity contribution >= 4 is 0 Å². The molecule has 0 spiro atoms. The number of rotatable bonds is 13. The number of ether oxygens (including phenoxy) is 1. The normalized spacial score (nSPS) is 15.2. The van der Waals surface area contributed by atoms with E-state index < -0.39 is 55.6 Å². The van der Waals surface area contributed by atoms with Crippen molar-refractivity contribution in [3.63, 3.8) is 0 Å². The molecule has 14 heteroatoms. The van der Waals surface area contributed by atoms with E-state index in [1.165, 1.54) is 0 Å². The molecule has 0 aliphatic heterocycles. The van der Waals surface area contributed by atoms with Crippen LogP contribution in [0.25, 0.3) is 0 Å². The highest BCUT2D eigenvalue weighted by atomic mass is 19.4. The zero-order valence-electron chi connectivity index (χ0n) is 15.5. The maximum atomic E-state index is 13.5. The number of nitrogens with one attached hydrogen (secondary N) is 1. The molecule has 1 aromatic rings. The van der Waals surface area contributed by atoms with Crippen LogP contribution in [0.2, 0.25) is 0 Å². The number of aliphatic hydroxyl groups is 1. The lowest BCUT2D eigenvalue weighted by molar-refractivity contribution is -0.405. The van der Waals surface area contributed by atoms with Crippen LogP contribution in [-0.4, -0.2) is 67.3 Å². The van der Waals surface area contributed by atoms with E-state index in [0.29, 0.717) is 0 Å². The van der Waals surface area contributed by atoms with Crippen LogP contribution in [0.4, 0.5) is 48.3 Å². The molecule has 0 bridgehead atoms. The Bertz CT molecular complexity index is 686. The molecule has 3 nitrogen and oxygen atoms in total. The van der Waals surface area contributed by atoms with E-state index in [2.05, 4.69) is 10.1 Å². The molecule has 0 fully saturated rings. The maximum absolute atomic E-state index is 13.5. The van der Waals surface area contributed by atoms with Crippen molar-refractivity contribution in [3.8, 4) is 0 Å². The highest BCUT2D eigenvalue weighted by Gasteiger charge is 2.86. The molecule has 0 aliphatic carbocycles. The van der Waals surface area contributed by atoms with Crippen molar-refractivity contribution in [2.24, 2.45) is 0 Å². The Hall–Kier alpha value is -1.67. The third-order valence-electron chi connectivity index (χ3n) is 4.02. The van der Waals surface area contributed by atoms with Gasteiger partial charge in [0.1, 0.15) is 6.61 Å². The van der Waals surface area contributed by atoms with E-state index in [1.807, 2.05) is 0 Å². The second-order valence-corrected chi connectivity index (χ2v) is 6.55. The summed E-state index contributed by atoms with van der Waals surface area (Å²) < 4.78 is 148. The molecule has 31 heavy (non-hydrogen) atoms. The predicted molar refractivity (Wildman–Crippen MR) is 85.7 cm³/mol. The topological polar surface area (TPSA) is 41.5 Å². The van der Waals surface area contributed by atoms with Gasteiger partial charge < -0.3 is 15.2 Å². The van der Waals surface area contributed by atoms with Gasteiger partial charge in [-0.15, -0.1) is 0 Å². The minimum Gasteiger partial charge on any atom is -0.389 e. The Morgan fingerprint density at radius 1 is 0.806 bits per heavy atom. The predicted octanol–water partition coefficient (Wildman–Crippen LogP) is 4.30. The smallest absolute Gasteiger partial charge is 0.384 e. The average Bonchev–Trinajstić information content (AvgIpc) is 2.68. The van der Waals surface area contributed by atoms with Gasteiger partial charge in [-0.25, -0.2) is 4.39 Å². The third-order valence-corrected chi connectivity index (χ3v) is 4.02. The molecule has 0 saturated heterocycles. The van der Waals surface area contributed by atoms with Gasteiger partial charge in [0.2, 0.25) is 0 Å². The Morgan fingerprint density at radius 2 is 1.32 bits per heavy atom. The lowest BCUT2D eigenvalue weighted by atomic mass is 9.95. The van der Waals surface area contributed by atoms with Gasteiger partial charge in [0.25, 0.3) is 0 Å². The monoisotopic (exact) mass is 477 g/mol. The molecular formula is C17H18F11NO2. The van der Waals surface area contributed by atoms with Crippen LogP contribution in [0.5, 0.6) is 0 Å². The molecule has 1 aromatic carbocycles. The van der Waals surface area contributed by atoms with Crippen LogP contribution < -0.4 is 5.32 Å². The highest BCUT2D eigenvalue weighted by Crippen LogP contribution is 2.57. The maximum Gasteiger partial charge on any atom is 0.384 e. The first-order valence-corrected chi connectivity index (χ1v) is 8.49. The largest absolute Gasteiger partial charge is 0.389 e. The van der Waals surface area contributed by atoms with E-state index in [1.54, 1.807) is 30.3 Å². The van der Waals surface area contributed by atoms with Crippen molar-refractivity contribution in [1.82, 2.24) is 5.32 Å². The van der Waals surface area contributed by atoms with Crippen molar-refractivity contribution in [3.05, 3.63) is 35.9 Å². The van der Waals surface area contributed by atoms with Crippen molar-refractivity contribution in [1.29, 1.82) is 0 Å². The molecule has 0 amide bonds. The third kappa shape index (κ3) is 5.77. The van der Waals surface area contributed by atoms with Gasteiger partial charge in [-0.05, 0) is 5.56 Å². The summed E-state index contributed by atoms with van der Waals surface area (Å²) in [5.41, 5.74) is 0.759. The standard InChI is InChI=1S/C17H18F11NO2/c18-9-13(19,20)15(23,24)17(27,28)16(25,26)14(21,22)10-31-8-12(30)7-29-6-11-4-2-1-3-5-11/h1-5,12,29-30H,6-10H2/t12-/m1/s1. The second-order valence-electron chi connectivity index (χ2n) is 6.55. The zero-order chi connectivity index (χ0) is 24.1. The van der Waals surface area contributed by atoms with E-state index in [0.717, 1.165) is 5.56 Å². The van der Waals surface area contributed by atoms with Gasteiger partial charge in [0.15, 0.2) is 6.67 Å². The summed E-state index contributed by atoms with van der Waals surface area (Å²) in [6, 6.07) is 8.51. The lowest BCUT2D eigenvalue weighted by Gasteiger charge is -2.38. The van der Waals surface area contributed by atoms with E-state index in [4.69, 9.17) is 0 Å². The Morgan fingerprint density at radius 3 is 1.84 bits per heavy atom. The molecular weight excluding hydrogens is 459 g/mol. The Labute approximate surface area is 169 Å². The summed E-state index contributed by atoms with van der Waals surface area (Å²) in [7, 11) is 0. The summed E-state index contributed by atoms with van der Waals surface area (Å²) in [5, 5.41) is 12.2. The number of hydrogen-bond donors (Lipinski definition) is 2. The van der Waals surface area contributed by atoms with Crippen molar-refractivity contribution < 1.29 is 58.1 Å². The van der Waals surface area contributed by atoms with E-state index in [-0.39, 0.29) is 13.1 Å². The molecule has 0 radical (unpaired) electrons. The fourth-order valence-corrected chi connectivity index (χ4v) is 2.19. The first-order valence-electron chi connectivity index (χ1n) is 8.49. The van der Waals surface area contributed by atoms with Gasteiger partial charge in [0.05, 0.1) is 12.7 Å². The highest BCUT2D eigenvalue weighted by molar-refractivity contribution is 5.14. The number of benzene rings is 1. The first kappa shape index (κ1) is 27.4. The minimum atomic E-state index is -7.34.